The summed E-state index contributed by atoms with van der Waals surface area (Å²) < 4.78 is 10.3. The van der Waals surface area contributed by atoms with Gasteiger partial charge < -0.3 is 14.6 Å². The third-order valence-corrected chi connectivity index (χ3v) is 3.10. The lowest BCUT2D eigenvalue weighted by Gasteiger charge is -2.15. The number of ether oxygens (including phenoxy) is 2. The topological polar surface area (TPSA) is 64.5 Å². The molecule has 20 heavy (non-hydrogen) atoms. The second-order valence-electron chi connectivity index (χ2n) is 4.16. The highest BCUT2D eigenvalue weighted by molar-refractivity contribution is 6.30. The van der Waals surface area contributed by atoms with E-state index in [0.717, 1.165) is 0 Å². The van der Waals surface area contributed by atoms with E-state index in [9.17, 15) is 5.11 Å². The number of halogens is 1. The number of rotatable bonds is 5. The van der Waals surface area contributed by atoms with Crippen LogP contribution in [0.2, 0.25) is 5.02 Å². The largest absolute Gasteiger partial charge is 0.496 e. The summed E-state index contributed by atoms with van der Waals surface area (Å²) in [5, 5.41) is 10.9. The molecule has 1 N–H and O–H groups in total. The van der Waals surface area contributed by atoms with Crippen molar-refractivity contribution in [2.45, 2.75) is 12.5 Å². The van der Waals surface area contributed by atoms with Crippen molar-refractivity contribution in [3.63, 3.8) is 0 Å². The number of hydrogen-bond acceptors (Lipinski definition) is 5. The number of aromatic nitrogens is 2. The van der Waals surface area contributed by atoms with Gasteiger partial charge in [0, 0.05) is 23.1 Å². The van der Waals surface area contributed by atoms with Gasteiger partial charge in [0.1, 0.15) is 12.1 Å². The zero-order valence-corrected chi connectivity index (χ0v) is 12.0. The molecule has 6 heteroatoms. The highest BCUT2D eigenvalue weighted by Gasteiger charge is 2.15. The quantitative estimate of drug-likeness (QED) is 0.917. The molecule has 1 aromatic carbocycles. The van der Waals surface area contributed by atoms with Crippen LogP contribution < -0.4 is 9.47 Å². The third kappa shape index (κ3) is 3.37. The van der Waals surface area contributed by atoms with Crippen molar-refractivity contribution < 1.29 is 14.6 Å². The molecule has 2 rings (SSSR count). The molecule has 0 saturated heterocycles. The molecule has 0 aliphatic rings. The second-order valence-corrected chi connectivity index (χ2v) is 4.59. The Balaban J connectivity index is 2.21. The van der Waals surface area contributed by atoms with Gasteiger partial charge in [0.2, 0.25) is 5.88 Å². The number of benzene rings is 1. The van der Waals surface area contributed by atoms with Gasteiger partial charge in [-0.3, -0.25) is 0 Å². The van der Waals surface area contributed by atoms with Crippen LogP contribution in [0.1, 0.15) is 17.4 Å². The fourth-order valence-corrected chi connectivity index (χ4v) is 2.03. The molecular weight excluding hydrogens is 280 g/mol. The minimum atomic E-state index is -0.748. The molecule has 0 aliphatic heterocycles. The summed E-state index contributed by atoms with van der Waals surface area (Å²) in [6, 6.07) is 6.81. The zero-order valence-electron chi connectivity index (χ0n) is 11.2. The van der Waals surface area contributed by atoms with Gasteiger partial charge in [-0.15, -0.1) is 0 Å². The van der Waals surface area contributed by atoms with E-state index in [-0.39, 0.29) is 0 Å². The van der Waals surface area contributed by atoms with Gasteiger partial charge in [-0.1, -0.05) is 17.7 Å². The number of aliphatic hydroxyl groups excluding tert-OH is 1. The first-order valence-corrected chi connectivity index (χ1v) is 6.38. The lowest BCUT2D eigenvalue weighted by molar-refractivity contribution is 0.172. The van der Waals surface area contributed by atoms with Gasteiger partial charge in [0.25, 0.3) is 0 Å². The average molecular weight is 295 g/mol. The van der Waals surface area contributed by atoms with Gasteiger partial charge in [-0.05, 0) is 12.1 Å². The maximum Gasteiger partial charge on any atom is 0.216 e. The Morgan fingerprint density at radius 1 is 1.20 bits per heavy atom. The molecule has 0 spiro atoms. The van der Waals surface area contributed by atoms with E-state index in [1.807, 2.05) is 0 Å². The molecule has 0 fully saturated rings. The van der Waals surface area contributed by atoms with E-state index in [1.54, 1.807) is 24.3 Å². The smallest absolute Gasteiger partial charge is 0.216 e. The van der Waals surface area contributed by atoms with E-state index >= 15 is 0 Å². The van der Waals surface area contributed by atoms with Crippen molar-refractivity contribution in [1.82, 2.24) is 9.97 Å². The van der Waals surface area contributed by atoms with Crippen LogP contribution in [-0.4, -0.2) is 29.3 Å². The van der Waals surface area contributed by atoms with Gasteiger partial charge in [-0.2, -0.15) is 0 Å². The van der Waals surface area contributed by atoms with Gasteiger partial charge in [-0.25, -0.2) is 9.97 Å². The Bertz CT molecular complexity index is 592. The van der Waals surface area contributed by atoms with E-state index in [2.05, 4.69) is 9.97 Å². The predicted molar refractivity (Wildman–Crippen MR) is 75.3 cm³/mol. The molecule has 0 saturated carbocycles. The first kappa shape index (κ1) is 14.6. The summed E-state index contributed by atoms with van der Waals surface area (Å²) in [5.74, 6) is 1.01. The van der Waals surface area contributed by atoms with Crippen LogP contribution in [0.15, 0.2) is 30.6 Å². The lowest BCUT2D eigenvalue weighted by atomic mass is 10.0. The zero-order chi connectivity index (χ0) is 14.5. The normalized spacial score (nSPS) is 12.0. The first-order chi connectivity index (χ1) is 9.63. The Hall–Kier alpha value is -1.85. The summed E-state index contributed by atoms with van der Waals surface area (Å²) >= 11 is 5.90. The van der Waals surface area contributed by atoms with Crippen molar-refractivity contribution in [2.24, 2.45) is 0 Å². The molecule has 0 radical (unpaired) electrons. The molecule has 106 valence electrons. The minimum Gasteiger partial charge on any atom is -0.496 e. The summed E-state index contributed by atoms with van der Waals surface area (Å²) in [4.78, 5) is 8.03. The molecule has 1 aromatic heterocycles. The molecule has 0 amide bonds. The van der Waals surface area contributed by atoms with E-state index in [1.165, 1.54) is 20.5 Å². The van der Waals surface area contributed by atoms with Gasteiger partial charge in [0.05, 0.1) is 26.0 Å². The van der Waals surface area contributed by atoms with Crippen LogP contribution >= 0.6 is 11.6 Å². The Morgan fingerprint density at radius 3 is 2.70 bits per heavy atom. The SMILES string of the molecule is COc1cc(CC(O)c2ccc(Cl)cc2OC)ncn1. The Kier molecular flexibility index (Phi) is 4.76. The fourth-order valence-electron chi connectivity index (χ4n) is 1.87. The maximum atomic E-state index is 10.3. The number of nitrogens with zero attached hydrogens (tertiary/aromatic N) is 2. The second kappa shape index (κ2) is 6.54. The number of aliphatic hydroxyl groups is 1. The maximum absolute atomic E-state index is 10.3. The molecule has 0 bridgehead atoms. The Labute approximate surface area is 122 Å². The Morgan fingerprint density at radius 2 is 2.00 bits per heavy atom. The summed E-state index contributed by atoms with van der Waals surface area (Å²) in [5.41, 5.74) is 1.34. The lowest BCUT2D eigenvalue weighted by Crippen LogP contribution is -2.06. The summed E-state index contributed by atoms with van der Waals surface area (Å²) in [6.07, 6.45) is 0.985. The summed E-state index contributed by atoms with van der Waals surface area (Å²) in [7, 11) is 3.07. The van der Waals surface area contributed by atoms with Crippen LogP contribution in [0, 0.1) is 0 Å². The standard InChI is InChI=1S/C14H15ClN2O3/c1-19-13-5-9(15)3-4-11(13)12(18)6-10-7-14(20-2)17-8-16-10/h3-5,7-8,12,18H,6H2,1-2H3. The van der Waals surface area contributed by atoms with Crippen LogP contribution in [0.5, 0.6) is 11.6 Å². The molecular formula is C14H15ClN2O3. The fraction of sp³-hybridized carbons (Fsp3) is 0.286. The number of hydrogen-bond donors (Lipinski definition) is 1. The predicted octanol–water partition coefficient (Wildman–Crippen LogP) is 2.42. The highest BCUT2D eigenvalue weighted by atomic mass is 35.5. The average Bonchev–Trinajstić information content (AvgIpc) is 2.47. The van der Waals surface area contributed by atoms with Crippen LogP contribution in [0.4, 0.5) is 0 Å². The minimum absolute atomic E-state index is 0.330. The first-order valence-electron chi connectivity index (χ1n) is 6.00. The number of methoxy groups -OCH3 is 2. The van der Waals surface area contributed by atoms with E-state index in [4.69, 9.17) is 21.1 Å². The molecule has 2 aromatic rings. The third-order valence-electron chi connectivity index (χ3n) is 2.86. The highest BCUT2D eigenvalue weighted by Crippen LogP contribution is 2.30. The van der Waals surface area contributed by atoms with Crippen LogP contribution in [0.3, 0.4) is 0 Å². The van der Waals surface area contributed by atoms with Crippen molar-refractivity contribution in [2.75, 3.05) is 14.2 Å². The van der Waals surface area contributed by atoms with Crippen LogP contribution in [-0.2, 0) is 6.42 Å². The van der Waals surface area contributed by atoms with Gasteiger partial charge in [0.15, 0.2) is 0 Å². The molecule has 1 unspecified atom stereocenters. The van der Waals surface area contributed by atoms with Crippen molar-refractivity contribution in [3.8, 4) is 11.6 Å². The molecule has 5 nitrogen and oxygen atoms in total. The molecule has 0 aliphatic carbocycles. The van der Waals surface area contributed by atoms with E-state index < -0.39 is 6.10 Å². The summed E-state index contributed by atoms with van der Waals surface area (Å²) in [6.45, 7) is 0. The monoisotopic (exact) mass is 294 g/mol. The van der Waals surface area contributed by atoms with Crippen molar-refractivity contribution in [1.29, 1.82) is 0 Å². The van der Waals surface area contributed by atoms with E-state index in [0.29, 0.717) is 34.3 Å². The molecule has 1 heterocycles. The van der Waals surface area contributed by atoms with Gasteiger partial charge >= 0.3 is 0 Å². The molecule has 1 atom stereocenters. The van der Waals surface area contributed by atoms with Crippen molar-refractivity contribution >= 4 is 11.6 Å². The van der Waals surface area contributed by atoms with Crippen LogP contribution in [0.25, 0.3) is 0 Å². The van der Waals surface area contributed by atoms with Crippen molar-refractivity contribution in [3.05, 3.63) is 46.9 Å².